The highest BCUT2D eigenvalue weighted by atomic mass is 16.3. The van der Waals surface area contributed by atoms with Crippen LogP contribution in [0.4, 0.5) is 5.69 Å². The first kappa shape index (κ1) is 12.4. The number of β-amino-alcohol motifs (C(OH)–C–C–N with tert-alkyl or cyclic N) is 1. The Kier molecular flexibility index (Phi) is 3.69. The molecule has 0 amide bonds. The predicted octanol–water partition coefficient (Wildman–Crippen LogP) is 2.03. The maximum Gasteiger partial charge on any atom is 0.0917 e. The summed E-state index contributed by atoms with van der Waals surface area (Å²) in [7, 11) is 0. The highest BCUT2D eigenvalue weighted by Gasteiger charge is 2.27. The van der Waals surface area contributed by atoms with E-state index in [0.29, 0.717) is 18.3 Å². The van der Waals surface area contributed by atoms with E-state index in [1.54, 1.807) is 0 Å². The number of rotatable bonds is 3. The van der Waals surface area contributed by atoms with Gasteiger partial charge in [-0.15, -0.1) is 0 Å². The van der Waals surface area contributed by atoms with Crippen molar-refractivity contribution in [1.82, 2.24) is 4.90 Å². The number of anilines is 1. The van der Waals surface area contributed by atoms with Gasteiger partial charge in [0.1, 0.15) is 0 Å². The van der Waals surface area contributed by atoms with E-state index in [2.05, 4.69) is 18.7 Å². The third-order valence-electron chi connectivity index (χ3n) is 3.62. The van der Waals surface area contributed by atoms with Gasteiger partial charge in [0.05, 0.1) is 6.10 Å². The van der Waals surface area contributed by atoms with Crippen LogP contribution >= 0.6 is 0 Å². The number of hydrogen-bond donors (Lipinski definition) is 2. The van der Waals surface area contributed by atoms with Crippen molar-refractivity contribution >= 4 is 5.69 Å². The normalized spacial score (nSPS) is 27.2. The zero-order chi connectivity index (χ0) is 12.4. The topological polar surface area (TPSA) is 49.5 Å². The predicted molar refractivity (Wildman–Crippen MR) is 70.6 cm³/mol. The van der Waals surface area contributed by atoms with Crippen LogP contribution in [-0.2, 0) is 0 Å². The third-order valence-corrected chi connectivity index (χ3v) is 3.62. The van der Waals surface area contributed by atoms with Gasteiger partial charge in [0.25, 0.3) is 0 Å². The molecular weight excluding hydrogens is 212 g/mol. The minimum Gasteiger partial charge on any atom is -0.399 e. The van der Waals surface area contributed by atoms with Crippen LogP contribution in [0.1, 0.15) is 31.9 Å². The molecule has 0 radical (unpaired) electrons. The molecule has 3 atom stereocenters. The van der Waals surface area contributed by atoms with Gasteiger partial charge in [-0.3, -0.25) is 4.90 Å². The Bertz CT molecular complexity index is 380. The summed E-state index contributed by atoms with van der Waals surface area (Å²) < 4.78 is 0. The first-order chi connectivity index (χ1) is 8.06. The molecule has 1 aliphatic heterocycles. The summed E-state index contributed by atoms with van der Waals surface area (Å²) in [5.41, 5.74) is 7.36. The van der Waals surface area contributed by atoms with E-state index in [-0.39, 0.29) is 0 Å². The van der Waals surface area contributed by atoms with Gasteiger partial charge in [0.15, 0.2) is 0 Å². The quantitative estimate of drug-likeness (QED) is 0.787. The fourth-order valence-electron chi connectivity index (χ4n) is 2.73. The molecule has 1 saturated heterocycles. The number of nitrogens with zero attached hydrogens (tertiary/aromatic N) is 1. The van der Waals surface area contributed by atoms with Gasteiger partial charge in [0, 0.05) is 24.8 Å². The fourth-order valence-corrected chi connectivity index (χ4v) is 2.73. The van der Waals surface area contributed by atoms with E-state index < -0.39 is 6.10 Å². The first-order valence-corrected chi connectivity index (χ1v) is 6.34. The molecule has 3 unspecified atom stereocenters. The number of nitrogens with two attached hydrogens (primary N) is 1. The zero-order valence-corrected chi connectivity index (χ0v) is 10.6. The molecule has 1 aromatic carbocycles. The van der Waals surface area contributed by atoms with Crippen molar-refractivity contribution in [2.45, 2.75) is 32.4 Å². The van der Waals surface area contributed by atoms with Crippen molar-refractivity contribution < 1.29 is 5.11 Å². The van der Waals surface area contributed by atoms with Crippen LogP contribution in [0.15, 0.2) is 24.3 Å². The highest BCUT2D eigenvalue weighted by molar-refractivity contribution is 5.41. The van der Waals surface area contributed by atoms with E-state index in [9.17, 15) is 5.11 Å². The lowest BCUT2D eigenvalue weighted by molar-refractivity contribution is 0.109. The van der Waals surface area contributed by atoms with E-state index in [4.69, 9.17) is 5.73 Å². The second-order valence-electron chi connectivity index (χ2n) is 5.33. The minimum absolute atomic E-state index is 0.439. The van der Waals surface area contributed by atoms with Crippen molar-refractivity contribution in [3.8, 4) is 0 Å². The molecule has 0 aromatic heterocycles. The van der Waals surface area contributed by atoms with Gasteiger partial charge in [-0.1, -0.05) is 19.1 Å². The summed E-state index contributed by atoms with van der Waals surface area (Å²) >= 11 is 0. The second-order valence-corrected chi connectivity index (χ2v) is 5.33. The average molecular weight is 234 g/mol. The van der Waals surface area contributed by atoms with E-state index in [1.165, 1.54) is 6.42 Å². The van der Waals surface area contributed by atoms with Crippen molar-refractivity contribution in [2.24, 2.45) is 5.92 Å². The van der Waals surface area contributed by atoms with E-state index in [0.717, 1.165) is 18.0 Å². The molecular formula is C14H22N2O. The van der Waals surface area contributed by atoms with Crippen LogP contribution in [0.2, 0.25) is 0 Å². The molecule has 2 rings (SSSR count). The van der Waals surface area contributed by atoms with E-state index >= 15 is 0 Å². The summed E-state index contributed by atoms with van der Waals surface area (Å²) in [6.07, 6.45) is 0.787. The maximum absolute atomic E-state index is 10.2. The molecule has 1 heterocycles. The van der Waals surface area contributed by atoms with Crippen molar-refractivity contribution in [1.29, 1.82) is 0 Å². The zero-order valence-electron chi connectivity index (χ0n) is 10.6. The molecule has 3 N–H and O–H groups in total. The average Bonchev–Trinajstić information content (AvgIpc) is 2.57. The van der Waals surface area contributed by atoms with Gasteiger partial charge in [-0.2, -0.15) is 0 Å². The van der Waals surface area contributed by atoms with Crippen LogP contribution in [-0.4, -0.2) is 29.1 Å². The van der Waals surface area contributed by atoms with Crippen molar-refractivity contribution in [2.75, 3.05) is 18.8 Å². The summed E-state index contributed by atoms with van der Waals surface area (Å²) in [6, 6.07) is 8.10. The van der Waals surface area contributed by atoms with Crippen LogP contribution in [0.25, 0.3) is 0 Å². The Labute approximate surface area is 103 Å². The molecule has 3 heteroatoms. The van der Waals surface area contributed by atoms with Gasteiger partial charge < -0.3 is 10.8 Å². The standard InChI is InChI=1S/C14H22N2O/c1-10-6-11(2)16(8-10)9-14(17)12-4-3-5-13(15)7-12/h3-5,7,10-11,14,17H,6,8-9,15H2,1-2H3. The van der Waals surface area contributed by atoms with Gasteiger partial charge in [0.2, 0.25) is 0 Å². The number of aliphatic hydroxyl groups is 1. The summed E-state index contributed by atoms with van der Waals surface area (Å²) in [5, 5.41) is 10.2. The number of aliphatic hydroxyl groups excluding tert-OH is 1. The van der Waals surface area contributed by atoms with Gasteiger partial charge in [-0.05, 0) is 37.0 Å². The largest absolute Gasteiger partial charge is 0.399 e. The molecule has 3 nitrogen and oxygen atoms in total. The third kappa shape index (κ3) is 2.99. The number of likely N-dealkylation sites (tertiary alicyclic amines) is 1. The molecule has 0 bridgehead atoms. The first-order valence-electron chi connectivity index (χ1n) is 6.34. The monoisotopic (exact) mass is 234 g/mol. The smallest absolute Gasteiger partial charge is 0.0917 e. The van der Waals surface area contributed by atoms with Crippen molar-refractivity contribution in [3.05, 3.63) is 29.8 Å². The Morgan fingerprint density at radius 2 is 2.24 bits per heavy atom. The molecule has 1 aliphatic rings. The second kappa shape index (κ2) is 5.07. The minimum atomic E-state index is -0.439. The van der Waals surface area contributed by atoms with Gasteiger partial charge >= 0.3 is 0 Å². The molecule has 0 aliphatic carbocycles. The summed E-state index contributed by atoms with van der Waals surface area (Å²) in [6.45, 7) is 6.29. The molecule has 1 fully saturated rings. The van der Waals surface area contributed by atoms with Crippen LogP contribution in [0, 0.1) is 5.92 Å². The van der Waals surface area contributed by atoms with E-state index in [1.807, 2.05) is 24.3 Å². The number of hydrogen-bond acceptors (Lipinski definition) is 3. The molecule has 0 spiro atoms. The number of benzene rings is 1. The Hall–Kier alpha value is -1.06. The Balaban J connectivity index is 1.99. The molecule has 94 valence electrons. The lowest BCUT2D eigenvalue weighted by atomic mass is 10.1. The van der Waals surface area contributed by atoms with Crippen LogP contribution in [0.5, 0.6) is 0 Å². The summed E-state index contributed by atoms with van der Waals surface area (Å²) in [4.78, 5) is 2.36. The lowest BCUT2D eigenvalue weighted by Crippen LogP contribution is -2.31. The summed E-state index contributed by atoms with van der Waals surface area (Å²) in [5.74, 6) is 0.734. The van der Waals surface area contributed by atoms with Gasteiger partial charge in [-0.25, -0.2) is 0 Å². The molecule has 1 aromatic rings. The molecule has 17 heavy (non-hydrogen) atoms. The van der Waals surface area contributed by atoms with Crippen molar-refractivity contribution in [3.63, 3.8) is 0 Å². The van der Waals surface area contributed by atoms with Crippen LogP contribution < -0.4 is 5.73 Å². The Morgan fingerprint density at radius 1 is 1.47 bits per heavy atom. The maximum atomic E-state index is 10.2. The Morgan fingerprint density at radius 3 is 2.82 bits per heavy atom. The molecule has 0 saturated carbocycles. The SMILES string of the molecule is CC1CC(C)N(CC(O)c2cccc(N)c2)C1. The number of nitrogen functional groups attached to an aromatic ring is 1. The fraction of sp³-hybridized carbons (Fsp3) is 0.571. The van der Waals surface area contributed by atoms with Crippen LogP contribution in [0.3, 0.4) is 0 Å². The lowest BCUT2D eigenvalue weighted by Gasteiger charge is -2.24. The highest BCUT2D eigenvalue weighted by Crippen LogP contribution is 2.25.